The van der Waals surface area contributed by atoms with Gasteiger partial charge in [0.2, 0.25) is 0 Å². The van der Waals surface area contributed by atoms with Crippen LogP contribution in [0.1, 0.15) is 10.4 Å². The Bertz CT molecular complexity index is 314. The molecule has 68 valence electrons. The molecule has 1 aromatic carbocycles. The predicted molar refractivity (Wildman–Crippen MR) is 41.8 cm³/mol. The van der Waals surface area contributed by atoms with Gasteiger partial charge in [0.05, 0.1) is 5.91 Å². The minimum atomic E-state index is -0.868. The second-order valence-corrected chi connectivity index (χ2v) is 2.04. The van der Waals surface area contributed by atoms with Crippen LogP contribution in [0.4, 0.5) is 0 Å². The van der Waals surface area contributed by atoms with Gasteiger partial charge < -0.3 is 15.3 Å². The Balaban J connectivity index is 0.00000144. The number of hydrogen-bond acceptors (Lipinski definition) is 3. The molecular weight excluding hydrogens is 342 g/mol. The first kappa shape index (κ1) is 11.8. The third-order valence-electron chi connectivity index (χ3n) is 1.31. The van der Waals surface area contributed by atoms with E-state index in [4.69, 9.17) is 5.73 Å². The Morgan fingerprint density at radius 3 is 2.54 bits per heavy atom. The summed E-state index contributed by atoms with van der Waals surface area (Å²) in [5.74, 6) is -0.750. The number of para-hydroxylation sites is 1. The average Bonchev–Trinajstić information content (AvgIpc) is 2.05. The SMILES string of the molecule is [NH-]C(=O)c1ccccc1OC=O.[W]. The van der Waals surface area contributed by atoms with Crippen molar-refractivity contribution in [3.63, 3.8) is 0 Å². The van der Waals surface area contributed by atoms with E-state index in [1.165, 1.54) is 12.1 Å². The normalized spacial score (nSPS) is 8.31. The van der Waals surface area contributed by atoms with Gasteiger partial charge in [-0.25, -0.2) is 0 Å². The van der Waals surface area contributed by atoms with Crippen molar-refractivity contribution in [2.75, 3.05) is 0 Å². The average molecular weight is 348 g/mol. The Morgan fingerprint density at radius 2 is 2.00 bits per heavy atom. The molecule has 0 aliphatic rings. The summed E-state index contributed by atoms with van der Waals surface area (Å²) in [5.41, 5.74) is 6.89. The van der Waals surface area contributed by atoms with Crippen LogP contribution in [0.3, 0.4) is 0 Å². The van der Waals surface area contributed by atoms with Crippen molar-refractivity contribution in [3.05, 3.63) is 35.6 Å². The number of carbonyl (C=O) groups is 2. The minimum absolute atomic E-state index is 0. The van der Waals surface area contributed by atoms with Crippen molar-refractivity contribution in [1.82, 2.24) is 0 Å². The molecule has 0 saturated carbocycles. The van der Waals surface area contributed by atoms with Crippen molar-refractivity contribution < 1.29 is 35.4 Å². The number of ether oxygens (including phenoxy) is 1. The standard InChI is InChI=1S/C8H7NO3.W/c9-8(11)6-3-1-2-4-7(6)12-5-10;/h1-5H,(H2,9,11);/p-1. The number of hydrogen-bond donors (Lipinski definition) is 0. The van der Waals surface area contributed by atoms with E-state index in [9.17, 15) is 9.59 Å². The summed E-state index contributed by atoms with van der Waals surface area (Å²) in [4.78, 5) is 20.6. The summed E-state index contributed by atoms with van der Waals surface area (Å²) < 4.78 is 4.48. The van der Waals surface area contributed by atoms with E-state index in [2.05, 4.69) is 4.74 Å². The first-order chi connectivity index (χ1) is 5.75. The first-order valence-electron chi connectivity index (χ1n) is 3.21. The fraction of sp³-hybridized carbons (Fsp3) is 0. The molecule has 0 radical (unpaired) electrons. The van der Waals surface area contributed by atoms with Crippen molar-refractivity contribution >= 4 is 12.4 Å². The number of amides is 1. The van der Waals surface area contributed by atoms with Gasteiger partial charge in [-0.05, 0) is 12.1 Å². The van der Waals surface area contributed by atoms with Gasteiger partial charge in [-0.15, -0.1) is 0 Å². The summed E-state index contributed by atoms with van der Waals surface area (Å²) in [5, 5.41) is 0. The molecule has 1 aromatic rings. The maximum atomic E-state index is 10.6. The third-order valence-corrected chi connectivity index (χ3v) is 1.31. The summed E-state index contributed by atoms with van der Waals surface area (Å²) in [6.45, 7) is 0.224. The molecule has 4 nitrogen and oxygen atoms in total. The predicted octanol–water partition coefficient (Wildman–Crippen LogP) is 1.41. The van der Waals surface area contributed by atoms with Crippen LogP contribution in [0.5, 0.6) is 5.75 Å². The number of nitrogens with one attached hydrogen (secondary N) is 1. The molecule has 0 bridgehead atoms. The van der Waals surface area contributed by atoms with Crippen molar-refractivity contribution in [2.45, 2.75) is 0 Å². The molecular formula is C8H6NO3W-. The van der Waals surface area contributed by atoms with E-state index in [1.807, 2.05) is 0 Å². The van der Waals surface area contributed by atoms with Gasteiger partial charge in [0, 0.05) is 26.6 Å². The number of carbonyl (C=O) groups excluding carboxylic acids is 2. The Labute approximate surface area is 89.3 Å². The summed E-state index contributed by atoms with van der Waals surface area (Å²) in [6, 6.07) is 6.09. The van der Waals surface area contributed by atoms with Crippen LogP contribution >= 0.6 is 0 Å². The fourth-order valence-electron chi connectivity index (χ4n) is 0.809. The molecule has 0 unspecified atom stereocenters. The quantitative estimate of drug-likeness (QED) is 0.776. The van der Waals surface area contributed by atoms with E-state index in [1.54, 1.807) is 12.1 Å². The molecule has 0 atom stereocenters. The molecule has 1 rings (SSSR count). The van der Waals surface area contributed by atoms with Crippen molar-refractivity contribution in [2.24, 2.45) is 0 Å². The number of benzene rings is 1. The summed E-state index contributed by atoms with van der Waals surface area (Å²) >= 11 is 0. The second kappa shape index (κ2) is 5.49. The molecule has 0 aliphatic carbocycles. The van der Waals surface area contributed by atoms with Crippen LogP contribution in [-0.4, -0.2) is 12.4 Å². The molecule has 0 spiro atoms. The van der Waals surface area contributed by atoms with Gasteiger partial charge in [-0.3, -0.25) is 4.79 Å². The zero-order valence-corrected chi connectivity index (χ0v) is 9.45. The van der Waals surface area contributed by atoms with Crippen LogP contribution in [0.25, 0.3) is 5.73 Å². The molecule has 0 fully saturated rings. The zero-order valence-electron chi connectivity index (χ0n) is 6.52. The Hall–Kier alpha value is -1.15. The maximum Gasteiger partial charge on any atom is 0.298 e. The number of rotatable bonds is 3. The van der Waals surface area contributed by atoms with E-state index in [0.717, 1.165) is 0 Å². The van der Waals surface area contributed by atoms with E-state index >= 15 is 0 Å². The topological polar surface area (TPSA) is 67.2 Å². The van der Waals surface area contributed by atoms with Crippen molar-refractivity contribution in [1.29, 1.82) is 0 Å². The largest absolute Gasteiger partial charge is 0.663 e. The molecule has 0 heterocycles. The second-order valence-electron chi connectivity index (χ2n) is 2.04. The minimum Gasteiger partial charge on any atom is -0.663 e. The van der Waals surface area contributed by atoms with Crippen LogP contribution in [0, 0.1) is 0 Å². The molecule has 0 saturated heterocycles. The van der Waals surface area contributed by atoms with E-state index in [-0.39, 0.29) is 38.9 Å². The van der Waals surface area contributed by atoms with Gasteiger partial charge in [-0.2, -0.15) is 0 Å². The molecule has 1 N–H and O–H groups in total. The van der Waals surface area contributed by atoms with Crippen LogP contribution in [0.15, 0.2) is 24.3 Å². The smallest absolute Gasteiger partial charge is 0.298 e. The first-order valence-corrected chi connectivity index (χ1v) is 3.21. The van der Waals surface area contributed by atoms with Gasteiger partial charge in [-0.1, -0.05) is 12.1 Å². The van der Waals surface area contributed by atoms with Crippen LogP contribution in [-0.2, 0) is 25.9 Å². The fourth-order valence-corrected chi connectivity index (χ4v) is 0.809. The molecule has 1 amide bonds. The molecule has 13 heavy (non-hydrogen) atoms. The summed E-state index contributed by atoms with van der Waals surface area (Å²) in [7, 11) is 0. The van der Waals surface area contributed by atoms with E-state index < -0.39 is 5.91 Å². The van der Waals surface area contributed by atoms with Gasteiger partial charge in [0.15, 0.2) is 0 Å². The van der Waals surface area contributed by atoms with Crippen LogP contribution < -0.4 is 4.74 Å². The Morgan fingerprint density at radius 1 is 1.38 bits per heavy atom. The Kier molecular flexibility index (Phi) is 5.00. The maximum absolute atomic E-state index is 10.6. The third kappa shape index (κ3) is 2.99. The molecule has 5 heteroatoms. The van der Waals surface area contributed by atoms with Gasteiger partial charge in [0.25, 0.3) is 6.47 Å². The van der Waals surface area contributed by atoms with Gasteiger partial charge >= 0.3 is 0 Å². The molecule has 0 aromatic heterocycles. The summed E-state index contributed by atoms with van der Waals surface area (Å²) in [6.07, 6.45) is 0. The zero-order chi connectivity index (χ0) is 8.97. The van der Waals surface area contributed by atoms with Crippen molar-refractivity contribution in [3.8, 4) is 5.75 Å². The van der Waals surface area contributed by atoms with Gasteiger partial charge in [0.1, 0.15) is 5.75 Å². The monoisotopic (exact) mass is 348 g/mol. The molecule has 0 aliphatic heterocycles. The van der Waals surface area contributed by atoms with E-state index in [0.29, 0.717) is 0 Å². The van der Waals surface area contributed by atoms with Crippen LogP contribution in [0.2, 0.25) is 0 Å².